The topological polar surface area (TPSA) is 39.4 Å². The molecule has 72 valence electrons. The normalized spacial score (nSPS) is 9.92. The molecule has 0 unspecified atom stereocenters. The van der Waals surface area contributed by atoms with Gasteiger partial charge in [-0.1, -0.05) is 6.92 Å². The Hall–Kier alpha value is -1.25. The van der Waals surface area contributed by atoms with Gasteiger partial charge in [-0.25, -0.2) is 0 Å². The Morgan fingerprint density at radius 1 is 1.62 bits per heavy atom. The number of ether oxygens (including phenoxy) is 1. The standard InChI is InChI=1S/C10H14O3/c1-2-7-13-10(11)6-5-9-4-3-8-12-9/h3-4,8H,2,5-7H2,1H3. The minimum Gasteiger partial charge on any atom is -0.469 e. The van der Waals surface area contributed by atoms with Gasteiger partial charge in [0.15, 0.2) is 0 Å². The molecule has 0 saturated carbocycles. The highest BCUT2D eigenvalue weighted by Gasteiger charge is 2.03. The average Bonchev–Trinajstić information content (AvgIpc) is 2.64. The number of rotatable bonds is 5. The van der Waals surface area contributed by atoms with Crippen LogP contribution in [0.25, 0.3) is 0 Å². The van der Waals surface area contributed by atoms with Crippen molar-refractivity contribution in [2.75, 3.05) is 6.61 Å². The second-order valence-corrected chi connectivity index (χ2v) is 2.80. The van der Waals surface area contributed by atoms with Crippen LogP contribution in [0.15, 0.2) is 22.8 Å². The van der Waals surface area contributed by atoms with E-state index in [0.717, 1.165) is 12.2 Å². The largest absolute Gasteiger partial charge is 0.469 e. The molecule has 0 N–H and O–H groups in total. The summed E-state index contributed by atoms with van der Waals surface area (Å²) in [4.78, 5) is 11.0. The summed E-state index contributed by atoms with van der Waals surface area (Å²) in [5.74, 6) is 0.673. The molecule has 0 aliphatic heterocycles. The highest BCUT2D eigenvalue weighted by Crippen LogP contribution is 2.04. The highest BCUT2D eigenvalue weighted by molar-refractivity contribution is 5.69. The Labute approximate surface area is 77.7 Å². The van der Waals surface area contributed by atoms with E-state index >= 15 is 0 Å². The molecule has 1 rings (SSSR count). The summed E-state index contributed by atoms with van der Waals surface area (Å²) in [5.41, 5.74) is 0. The summed E-state index contributed by atoms with van der Waals surface area (Å²) in [5, 5.41) is 0. The lowest BCUT2D eigenvalue weighted by molar-refractivity contribution is -0.143. The summed E-state index contributed by atoms with van der Waals surface area (Å²) in [7, 11) is 0. The minimum atomic E-state index is -0.154. The first-order valence-corrected chi connectivity index (χ1v) is 4.51. The first kappa shape index (κ1) is 9.84. The predicted molar refractivity (Wildman–Crippen MR) is 48.3 cm³/mol. The minimum absolute atomic E-state index is 0.154. The van der Waals surface area contributed by atoms with Crippen molar-refractivity contribution < 1.29 is 13.9 Å². The zero-order chi connectivity index (χ0) is 9.52. The molecule has 0 spiro atoms. The van der Waals surface area contributed by atoms with Crippen molar-refractivity contribution in [1.29, 1.82) is 0 Å². The van der Waals surface area contributed by atoms with E-state index in [1.54, 1.807) is 6.26 Å². The molecule has 1 aromatic rings. The fraction of sp³-hybridized carbons (Fsp3) is 0.500. The molecule has 0 aliphatic rings. The summed E-state index contributed by atoms with van der Waals surface area (Å²) >= 11 is 0. The molecule has 0 aliphatic carbocycles. The molecular weight excluding hydrogens is 168 g/mol. The fourth-order valence-electron chi connectivity index (χ4n) is 0.968. The molecule has 0 bridgehead atoms. The van der Waals surface area contributed by atoms with Crippen molar-refractivity contribution in [2.24, 2.45) is 0 Å². The van der Waals surface area contributed by atoms with Gasteiger partial charge in [0.1, 0.15) is 5.76 Å². The van der Waals surface area contributed by atoms with Gasteiger partial charge in [0, 0.05) is 6.42 Å². The smallest absolute Gasteiger partial charge is 0.306 e. The number of furan rings is 1. The first-order valence-electron chi connectivity index (χ1n) is 4.51. The average molecular weight is 182 g/mol. The lowest BCUT2D eigenvalue weighted by atomic mass is 10.2. The molecule has 0 amide bonds. The van der Waals surface area contributed by atoms with Crippen LogP contribution in [0, 0.1) is 0 Å². The summed E-state index contributed by atoms with van der Waals surface area (Å²) in [6.07, 6.45) is 3.49. The van der Waals surface area contributed by atoms with Crippen LogP contribution < -0.4 is 0 Å². The number of carbonyl (C=O) groups excluding carboxylic acids is 1. The highest BCUT2D eigenvalue weighted by atomic mass is 16.5. The molecule has 0 fully saturated rings. The van der Waals surface area contributed by atoms with Gasteiger partial charge < -0.3 is 9.15 Å². The molecule has 0 aromatic carbocycles. The van der Waals surface area contributed by atoms with E-state index in [-0.39, 0.29) is 5.97 Å². The Balaban J connectivity index is 2.15. The molecular formula is C10H14O3. The van der Waals surface area contributed by atoms with Crippen LogP contribution in [0.1, 0.15) is 25.5 Å². The van der Waals surface area contributed by atoms with Crippen LogP contribution in [0.4, 0.5) is 0 Å². The Kier molecular flexibility index (Phi) is 4.09. The second-order valence-electron chi connectivity index (χ2n) is 2.80. The molecule has 0 radical (unpaired) electrons. The monoisotopic (exact) mass is 182 g/mol. The van der Waals surface area contributed by atoms with E-state index in [2.05, 4.69) is 0 Å². The van der Waals surface area contributed by atoms with E-state index in [1.807, 2.05) is 19.1 Å². The van der Waals surface area contributed by atoms with E-state index in [9.17, 15) is 4.79 Å². The van der Waals surface area contributed by atoms with Crippen molar-refractivity contribution >= 4 is 5.97 Å². The van der Waals surface area contributed by atoms with Crippen LogP contribution >= 0.6 is 0 Å². The first-order chi connectivity index (χ1) is 6.33. The van der Waals surface area contributed by atoms with Crippen molar-refractivity contribution in [3.63, 3.8) is 0 Å². The Bertz CT molecular complexity index is 239. The molecule has 0 atom stereocenters. The van der Waals surface area contributed by atoms with Gasteiger partial charge >= 0.3 is 5.97 Å². The van der Waals surface area contributed by atoms with E-state index < -0.39 is 0 Å². The van der Waals surface area contributed by atoms with E-state index in [4.69, 9.17) is 9.15 Å². The summed E-state index contributed by atoms with van der Waals surface area (Å²) in [6, 6.07) is 3.67. The van der Waals surface area contributed by atoms with Gasteiger partial charge in [0.05, 0.1) is 19.3 Å². The maximum atomic E-state index is 11.0. The Morgan fingerprint density at radius 3 is 3.08 bits per heavy atom. The number of esters is 1. The predicted octanol–water partition coefficient (Wildman–Crippen LogP) is 2.17. The third-order valence-electron chi connectivity index (χ3n) is 1.62. The van der Waals surface area contributed by atoms with E-state index in [1.165, 1.54) is 0 Å². The van der Waals surface area contributed by atoms with Crippen LogP contribution in [0.5, 0.6) is 0 Å². The lowest BCUT2D eigenvalue weighted by Gasteiger charge is -2.00. The maximum Gasteiger partial charge on any atom is 0.306 e. The van der Waals surface area contributed by atoms with Crippen molar-refractivity contribution in [2.45, 2.75) is 26.2 Å². The Morgan fingerprint density at radius 2 is 2.46 bits per heavy atom. The van der Waals surface area contributed by atoms with Gasteiger partial charge in [-0.15, -0.1) is 0 Å². The fourth-order valence-corrected chi connectivity index (χ4v) is 0.968. The number of hydrogen-bond acceptors (Lipinski definition) is 3. The van der Waals surface area contributed by atoms with Gasteiger partial charge in [0.25, 0.3) is 0 Å². The van der Waals surface area contributed by atoms with Crippen molar-refractivity contribution in [3.8, 4) is 0 Å². The zero-order valence-corrected chi connectivity index (χ0v) is 7.79. The molecule has 1 heterocycles. The second kappa shape index (κ2) is 5.41. The van der Waals surface area contributed by atoms with Gasteiger partial charge in [-0.2, -0.15) is 0 Å². The van der Waals surface area contributed by atoms with Crippen LogP contribution in [-0.2, 0) is 16.0 Å². The van der Waals surface area contributed by atoms with Gasteiger partial charge in [-0.05, 0) is 18.6 Å². The molecule has 13 heavy (non-hydrogen) atoms. The maximum absolute atomic E-state index is 11.0. The van der Waals surface area contributed by atoms with E-state index in [0.29, 0.717) is 19.4 Å². The third-order valence-corrected chi connectivity index (χ3v) is 1.62. The summed E-state index contributed by atoms with van der Waals surface area (Å²) in [6.45, 7) is 2.48. The number of hydrogen-bond donors (Lipinski definition) is 0. The number of aryl methyl sites for hydroxylation is 1. The van der Waals surface area contributed by atoms with Crippen LogP contribution in [0.2, 0.25) is 0 Å². The van der Waals surface area contributed by atoms with Crippen LogP contribution in [0.3, 0.4) is 0 Å². The van der Waals surface area contributed by atoms with Crippen molar-refractivity contribution in [3.05, 3.63) is 24.2 Å². The van der Waals surface area contributed by atoms with Gasteiger partial charge in [-0.3, -0.25) is 4.79 Å². The lowest BCUT2D eigenvalue weighted by Crippen LogP contribution is -2.05. The SMILES string of the molecule is CCCOC(=O)CCc1ccco1. The molecule has 3 nitrogen and oxygen atoms in total. The molecule has 0 saturated heterocycles. The van der Waals surface area contributed by atoms with Crippen LogP contribution in [-0.4, -0.2) is 12.6 Å². The van der Waals surface area contributed by atoms with Gasteiger partial charge in [0.2, 0.25) is 0 Å². The molecule has 3 heteroatoms. The number of carbonyl (C=O) groups is 1. The third kappa shape index (κ3) is 3.78. The zero-order valence-electron chi connectivity index (χ0n) is 7.79. The molecule has 1 aromatic heterocycles. The van der Waals surface area contributed by atoms with Crippen molar-refractivity contribution in [1.82, 2.24) is 0 Å². The summed E-state index contributed by atoms with van der Waals surface area (Å²) < 4.78 is 9.99. The quantitative estimate of drug-likeness (QED) is 0.655.